The van der Waals surface area contributed by atoms with Gasteiger partial charge in [-0.1, -0.05) is 33.6 Å². The molecule has 0 aromatic carbocycles. The number of rotatable bonds is 6. The molecule has 6 nitrogen and oxygen atoms in total. The van der Waals surface area contributed by atoms with E-state index in [4.69, 9.17) is 9.47 Å². The van der Waals surface area contributed by atoms with Crippen LogP contribution in [0.25, 0.3) is 0 Å². The van der Waals surface area contributed by atoms with Crippen LogP contribution in [0, 0.1) is 11.8 Å². The van der Waals surface area contributed by atoms with E-state index in [1.807, 2.05) is 13.8 Å². The fourth-order valence-electron chi connectivity index (χ4n) is 3.07. The minimum Gasteiger partial charge on any atom is -0.461 e. The van der Waals surface area contributed by atoms with Gasteiger partial charge in [0.25, 0.3) is 0 Å². The van der Waals surface area contributed by atoms with Gasteiger partial charge >= 0.3 is 12.1 Å². The summed E-state index contributed by atoms with van der Waals surface area (Å²) in [6.45, 7) is 6.21. The van der Waals surface area contributed by atoms with Crippen LogP contribution in [0.1, 0.15) is 52.9 Å². The molecule has 2 aliphatic heterocycles. The van der Waals surface area contributed by atoms with E-state index < -0.39 is 18.1 Å². The highest BCUT2D eigenvalue weighted by Gasteiger charge is 2.47. The Bertz CT molecular complexity index is 448. The Morgan fingerprint density at radius 3 is 2.68 bits per heavy atom. The van der Waals surface area contributed by atoms with Gasteiger partial charge in [0.15, 0.2) is 0 Å². The van der Waals surface area contributed by atoms with Gasteiger partial charge in [0, 0.05) is 0 Å². The van der Waals surface area contributed by atoms with Gasteiger partial charge < -0.3 is 9.47 Å². The number of ether oxygens (including phenoxy) is 2. The summed E-state index contributed by atoms with van der Waals surface area (Å²) in [5.74, 6) is -1.12. The highest BCUT2D eigenvalue weighted by atomic mass is 16.6. The zero-order valence-corrected chi connectivity index (χ0v) is 13.5. The van der Waals surface area contributed by atoms with E-state index in [-0.39, 0.29) is 36.9 Å². The summed E-state index contributed by atoms with van der Waals surface area (Å²) in [7, 11) is 0. The smallest absolute Gasteiger partial charge is 0.416 e. The summed E-state index contributed by atoms with van der Waals surface area (Å²) in [5.41, 5.74) is 0. The van der Waals surface area contributed by atoms with E-state index in [0.29, 0.717) is 6.42 Å². The Balaban J connectivity index is 2.08. The Kier molecular flexibility index (Phi) is 5.42. The van der Waals surface area contributed by atoms with E-state index in [9.17, 15) is 14.4 Å². The molecule has 2 aliphatic rings. The van der Waals surface area contributed by atoms with Crippen LogP contribution in [0.3, 0.4) is 0 Å². The van der Waals surface area contributed by atoms with Crippen LogP contribution in [-0.2, 0) is 19.1 Å². The summed E-state index contributed by atoms with van der Waals surface area (Å²) in [6, 6.07) is -0.257. The Labute approximate surface area is 131 Å². The zero-order chi connectivity index (χ0) is 16.3. The first-order chi connectivity index (χ1) is 10.5. The Morgan fingerprint density at radius 1 is 1.32 bits per heavy atom. The molecule has 0 unspecified atom stereocenters. The molecule has 0 radical (unpaired) electrons. The number of hydrogen-bond donors (Lipinski definition) is 0. The average molecular weight is 311 g/mol. The first-order valence-electron chi connectivity index (χ1n) is 8.15. The van der Waals surface area contributed by atoms with E-state index in [1.54, 1.807) is 0 Å². The second-order valence-electron chi connectivity index (χ2n) is 6.43. The quantitative estimate of drug-likeness (QED) is 0.556. The number of carbonyl (C=O) groups excluding carboxylic acids is 3. The van der Waals surface area contributed by atoms with E-state index in [2.05, 4.69) is 6.92 Å². The molecule has 0 aliphatic carbocycles. The third kappa shape index (κ3) is 3.42. The number of hydrogen-bond acceptors (Lipinski definition) is 5. The van der Waals surface area contributed by atoms with E-state index in [0.717, 1.165) is 19.3 Å². The predicted molar refractivity (Wildman–Crippen MR) is 78.9 cm³/mol. The molecule has 0 aromatic rings. The number of unbranched alkanes of at least 4 members (excludes halogenated alkanes) is 2. The van der Waals surface area contributed by atoms with Crippen LogP contribution >= 0.6 is 0 Å². The van der Waals surface area contributed by atoms with Gasteiger partial charge in [-0.05, 0) is 18.8 Å². The maximum absolute atomic E-state index is 12.8. The topological polar surface area (TPSA) is 72.9 Å². The van der Waals surface area contributed by atoms with Gasteiger partial charge in [-0.2, -0.15) is 0 Å². The van der Waals surface area contributed by atoms with Gasteiger partial charge in [-0.25, -0.2) is 9.69 Å². The van der Waals surface area contributed by atoms with Gasteiger partial charge in [0.1, 0.15) is 12.7 Å². The van der Waals surface area contributed by atoms with Crippen LogP contribution in [0.4, 0.5) is 4.79 Å². The fraction of sp³-hybridized carbons (Fsp3) is 0.812. The highest BCUT2D eigenvalue weighted by Crippen LogP contribution is 2.31. The molecule has 0 aromatic heterocycles. The Morgan fingerprint density at radius 2 is 2.05 bits per heavy atom. The fourth-order valence-corrected chi connectivity index (χ4v) is 3.07. The summed E-state index contributed by atoms with van der Waals surface area (Å²) >= 11 is 0. The minimum absolute atomic E-state index is 0.0597. The number of amides is 2. The van der Waals surface area contributed by atoms with Crippen LogP contribution in [-0.4, -0.2) is 41.6 Å². The molecule has 2 fully saturated rings. The molecule has 0 bridgehead atoms. The number of esters is 1. The van der Waals surface area contributed by atoms with Crippen LogP contribution in [0.15, 0.2) is 0 Å². The first kappa shape index (κ1) is 16.8. The van der Waals surface area contributed by atoms with Gasteiger partial charge in [-0.15, -0.1) is 0 Å². The second-order valence-corrected chi connectivity index (χ2v) is 6.43. The van der Waals surface area contributed by atoms with Crippen molar-refractivity contribution in [1.82, 2.24) is 4.90 Å². The SMILES string of the molecule is CCCCC[C@H]1OC(=O)C[C@@H]1C(=O)N1C(=O)OC[C@@H]1C(C)C. The van der Waals surface area contributed by atoms with Crippen LogP contribution in [0.2, 0.25) is 0 Å². The molecule has 0 N–H and O–H groups in total. The molecule has 22 heavy (non-hydrogen) atoms. The third-order valence-corrected chi connectivity index (χ3v) is 4.44. The van der Waals surface area contributed by atoms with E-state index in [1.165, 1.54) is 4.90 Å². The second kappa shape index (κ2) is 7.11. The van der Waals surface area contributed by atoms with Crippen molar-refractivity contribution in [3.63, 3.8) is 0 Å². The number of cyclic esters (lactones) is 2. The first-order valence-corrected chi connectivity index (χ1v) is 8.15. The summed E-state index contributed by atoms with van der Waals surface area (Å²) < 4.78 is 10.3. The van der Waals surface area contributed by atoms with Crippen molar-refractivity contribution in [2.75, 3.05) is 6.61 Å². The van der Waals surface area contributed by atoms with Crippen LogP contribution in [0.5, 0.6) is 0 Å². The maximum atomic E-state index is 12.8. The molecule has 2 rings (SSSR count). The van der Waals surface area contributed by atoms with Gasteiger partial charge in [0.2, 0.25) is 5.91 Å². The highest BCUT2D eigenvalue weighted by molar-refractivity contribution is 5.97. The zero-order valence-electron chi connectivity index (χ0n) is 13.5. The molecular weight excluding hydrogens is 286 g/mol. The molecule has 2 heterocycles. The molecule has 0 spiro atoms. The predicted octanol–water partition coefficient (Wildman–Crippen LogP) is 2.50. The molecule has 0 saturated carbocycles. The summed E-state index contributed by atoms with van der Waals surface area (Å²) in [6.07, 6.45) is 2.73. The van der Waals surface area contributed by atoms with Crippen molar-refractivity contribution >= 4 is 18.0 Å². The lowest BCUT2D eigenvalue weighted by Crippen LogP contribution is -2.46. The lowest BCUT2D eigenvalue weighted by atomic mass is 9.94. The average Bonchev–Trinajstić information content (AvgIpc) is 3.02. The molecule has 6 heteroatoms. The maximum Gasteiger partial charge on any atom is 0.416 e. The number of nitrogens with zero attached hydrogens (tertiary/aromatic N) is 1. The van der Waals surface area contributed by atoms with Crippen LogP contribution < -0.4 is 0 Å². The molecule has 2 saturated heterocycles. The Hall–Kier alpha value is -1.59. The van der Waals surface area contributed by atoms with Crippen molar-refractivity contribution < 1.29 is 23.9 Å². The van der Waals surface area contributed by atoms with Crippen molar-refractivity contribution in [3.8, 4) is 0 Å². The van der Waals surface area contributed by atoms with Crippen molar-refractivity contribution in [2.24, 2.45) is 11.8 Å². The summed E-state index contributed by atoms with van der Waals surface area (Å²) in [4.78, 5) is 37.4. The lowest BCUT2D eigenvalue weighted by Gasteiger charge is -2.26. The monoisotopic (exact) mass is 311 g/mol. The van der Waals surface area contributed by atoms with Crippen molar-refractivity contribution in [2.45, 2.75) is 65.0 Å². The lowest BCUT2D eigenvalue weighted by molar-refractivity contribution is -0.142. The number of imide groups is 1. The molecular formula is C16H25NO5. The molecule has 124 valence electrons. The van der Waals surface area contributed by atoms with Gasteiger partial charge in [0.05, 0.1) is 18.4 Å². The van der Waals surface area contributed by atoms with Crippen molar-refractivity contribution in [1.29, 1.82) is 0 Å². The van der Waals surface area contributed by atoms with E-state index >= 15 is 0 Å². The number of carbonyl (C=O) groups is 3. The normalized spacial score (nSPS) is 28.2. The molecule has 2 amide bonds. The molecule has 3 atom stereocenters. The minimum atomic E-state index is -0.602. The van der Waals surface area contributed by atoms with Gasteiger partial charge in [-0.3, -0.25) is 9.59 Å². The summed E-state index contributed by atoms with van der Waals surface area (Å²) in [5, 5.41) is 0. The third-order valence-electron chi connectivity index (χ3n) is 4.44. The van der Waals surface area contributed by atoms with Crippen molar-refractivity contribution in [3.05, 3.63) is 0 Å². The standard InChI is InChI=1S/C16H25NO5/c1-4-5-6-7-13-11(8-14(18)22-13)15(19)17-12(10(2)3)9-21-16(17)20/h10-13H,4-9H2,1-3H3/t11-,12+,13+/m0/s1. The largest absolute Gasteiger partial charge is 0.461 e.